The maximum atomic E-state index is 13.0. The van der Waals surface area contributed by atoms with Crippen molar-refractivity contribution in [3.05, 3.63) is 34.8 Å². The van der Waals surface area contributed by atoms with E-state index in [0.29, 0.717) is 48.8 Å². The molecule has 3 atom stereocenters. The topological polar surface area (TPSA) is 87.8 Å². The van der Waals surface area contributed by atoms with E-state index < -0.39 is 5.76 Å². The summed E-state index contributed by atoms with van der Waals surface area (Å²) in [5, 5.41) is 3.69. The summed E-state index contributed by atoms with van der Waals surface area (Å²) in [4.78, 5) is 41.6. The van der Waals surface area contributed by atoms with Crippen LogP contribution in [0.25, 0.3) is 11.1 Å². The number of para-hydroxylation sites is 2. The van der Waals surface area contributed by atoms with Crippen LogP contribution in [-0.2, 0) is 16.1 Å². The summed E-state index contributed by atoms with van der Waals surface area (Å²) in [6, 6.07) is 7.68. The lowest BCUT2D eigenvalue weighted by Crippen LogP contribution is -2.57. The van der Waals surface area contributed by atoms with Gasteiger partial charge in [0, 0.05) is 51.6 Å². The molecule has 178 valence electrons. The van der Waals surface area contributed by atoms with Gasteiger partial charge in [0.15, 0.2) is 5.58 Å². The average Bonchev–Trinajstić information content (AvgIpc) is 3.46. The van der Waals surface area contributed by atoms with Crippen molar-refractivity contribution in [3.63, 3.8) is 0 Å². The molecule has 1 N–H and O–H groups in total. The normalized spacial score (nSPS) is 25.0. The smallest absolute Gasteiger partial charge is 0.408 e. The molecule has 2 amide bonds. The lowest BCUT2D eigenvalue weighted by Gasteiger charge is -2.46. The molecule has 2 bridgehead atoms. The number of hydrogen-bond donors (Lipinski definition) is 1. The summed E-state index contributed by atoms with van der Waals surface area (Å²) in [7, 11) is 0. The number of hydrogen-bond acceptors (Lipinski definition) is 5. The highest BCUT2D eigenvalue weighted by Crippen LogP contribution is 2.31. The van der Waals surface area contributed by atoms with Crippen LogP contribution in [0.3, 0.4) is 0 Å². The van der Waals surface area contributed by atoms with Gasteiger partial charge in [0.05, 0.1) is 5.52 Å². The van der Waals surface area contributed by atoms with Gasteiger partial charge in [-0.2, -0.15) is 0 Å². The van der Waals surface area contributed by atoms with E-state index >= 15 is 0 Å². The van der Waals surface area contributed by atoms with E-state index in [2.05, 4.69) is 5.32 Å². The van der Waals surface area contributed by atoms with Gasteiger partial charge in [-0.1, -0.05) is 12.1 Å². The molecule has 0 radical (unpaired) electrons. The number of nitrogens with one attached hydrogen (secondary N) is 1. The maximum absolute atomic E-state index is 13.0. The van der Waals surface area contributed by atoms with Crippen LogP contribution in [0.15, 0.2) is 33.5 Å². The fourth-order valence-electron chi connectivity index (χ4n) is 5.90. The second kappa shape index (κ2) is 9.71. The van der Waals surface area contributed by atoms with Crippen LogP contribution in [0.4, 0.5) is 0 Å². The minimum absolute atomic E-state index is 0.103. The number of oxazole rings is 1. The van der Waals surface area contributed by atoms with E-state index in [0.717, 1.165) is 70.3 Å². The molecule has 4 heterocycles. The molecule has 8 heteroatoms. The van der Waals surface area contributed by atoms with E-state index in [-0.39, 0.29) is 5.91 Å². The average molecular weight is 455 g/mol. The van der Waals surface area contributed by atoms with Crippen molar-refractivity contribution in [1.82, 2.24) is 19.7 Å². The van der Waals surface area contributed by atoms with E-state index in [1.165, 1.54) is 0 Å². The first-order valence-electron chi connectivity index (χ1n) is 12.5. The molecule has 3 saturated heterocycles. The molecular formula is C25H34N4O4. The van der Waals surface area contributed by atoms with E-state index in [9.17, 15) is 14.4 Å². The monoisotopic (exact) mass is 454 g/mol. The number of likely N-dealkylation sites (tertiary alicyclic amines) is 2. The molecule has 3 aliphatic rings. The Labute approximate surface area is 193 Å². The van der Waals surface area contributed by atoms with Gasteiger partial charge in [0.1, 0.15) is 0 Å². The van der Waals surface area contributed by atoms with E-state index in [4.69, 9.17) is 4.42 Å². The number of fused-ring (bicyclic) bond motifs is 3. The summed E-state index contributed by atoms with van der Waals surface area (Å²) in [6.07, 6.45) is 6.22. The molecule has 0 saturated carbocycles. The number of carbonyl (C=O) groups excluding carboxylic acids is 2. The first kappa shape index (κ1) is 22.2. The third-order valence-corrected chi connectivity index (χ3v) is 7.65. The van der Waals surface area contributed by atoms with Crippen molar-refractivity contribution >= 4 is 22.9 Å². The molecule has 0 unspecified atom stereocenters. The highest BCUT2D eigenvalue weighted by Gasteiger charge is 2.37. The van der Waals surface area contributed by atoms with Crippen molar-refractivity contribution < 1.29 is 14.0 Å². The summed E-state index contributed by atoms with van der Waals surface area (Å²) in [6.45, 7) is 4.64. The third kappa shape index (κ3) is 4.86. The molecule has 2 aromatic rings. The van der Waals surface area contributed by atoms with Crippen LogP contribution in [0.5, 0.6) is 0 Å². The van der Waals surface area contributed by atoms with Crippen molar-refractivity contribution in [2.45, 2.75) is 57.5 Å². The predicted octanol–water partition coefficient (Wildman–Crippen LogP) is 2.21. The van der Waals surface area contributed by atoms with Crippen molar-refractivity contribution in [3.8, 4) is 0 Å². The molecule has 8 nitrogen and oxygen atoms in total. The molecule has 33 heavy (non-hydrogen) atoms. The first-order chi connectivity index (χ1) is 16.1. The van der Waals surface area contributed by atoms with Crippen LogP contribution in [0.2, 0.25) is 0 Å². The minimum Gasteiger partial charge on any atom is -0.408 e. The Hall–Kier alpha value is -2.61. The zero-order valence-corrected chi connectivity index (χ0v) is 19.2. The van der Waals surface area contributed by atoms with Crippen LogP contribution in [-0.4, -0.2) is 64.9 Å². The molecule has 5 rings (SSSR count). The minimum atomic E-state index is -0.410. The van der Waals surface area contributed by atoms with Gasteiger partial charge in [0.2, 0.25) is 11.8 Å². The van der Waals surface area contributed by atoms with Gasteiger partial charge in [-0.3, -0.25) is 14.2 Å². The summed E-state index contributed by atoms with van der Waals surface area (Å²) in [5.41, 5.74) is 1.29. The Balaban J connectivity index is 1.13. The quantitative estimate of drug-likeness (QED) is 0.693. The lowest BCUT2D eigenvalue weighted by molar-refractivity contribution is -0.135. The van der Waals surface area contributed by atoms with Crippen molar-refractivity contribution in [2.24, 2.45) is 11.8 Å². The first-order valence-corrected chi connectivity index (χ1v) is 12.5. The summed E-state index contributed by atoms with van der Waals surface area (Å²) >= 11 is 0. The molecule has 3 fully saturated rings. The van der Waals surface area contributed by atoms with Crippen LogP contribution >= 0.6 is 0 Å². The van der Waals surface area contributed by atoms with Crippen LogP contribution in [0.1, 0.15) is 44.9 Å². The zero-order chi connectivity index (χ0) is 22.8. The van der Waals surface area contributed by atoms with Gasteiger partial charge in [-0.25, -0.2) is 4.79 Å². The molecule has 1 aromatic heterocycles. The van der Waals surface area contributed by atoms with Crippen molar-refractivity contribution in [1.29, 1.82) is 0 Å². The SMILES string of the molecule is O=C(CCC[C@H]1NC[C@@H]2C[C@@H]1CN(C(=O)CCn1c(=O)oc3ccccc31)C2)N1CCCC1. The molecule has 0 aliphatic carbocycles. The van der Waals surface area contributed by atoms with Gasteiger partial charge >= 0.3 is 5.76 Å². The fourth-order valence-corrected chi connectivity index (χ4v) is 5.90. The summed E-state index contributed by atoms with van der Waals surface area (Å²) < 4.78 is 6.84. The highest BCUT2D eigenvalue weighted by molar-refractivity contribution is 5.77. The zero-order valence-electron chi connectivity index (χ0n) is 19.2. The molecule has 1 aromatic carbocycles. The van der Waals surface area contributed by atoms with Crippen LogP contribution in [0, 0.1) is 11.8 Å². The Morgan fingerprint density at radius 2 is 1.82 bits per heavy atom. The number of aryl methyl sites for hydroxylation is 1. The highest BCUT2D eigenvalue weighted by atomic mass is 16.4. The van der Waals surface area contributed by atoms with Gasteiger partial charge in [0.25, 0.3) is 0 Å². The third-order valence-electron chi connectivity index (χ3n) is 7.65. The number of aromatic nitrogens is 1. The second-order valence-electron chi connectivity index (χ2n) is 9.89. The maximum Gasteiger partial charge on any atom is 0.419 e. The van der Waals surface area contributed by atoms with E-state index in [1.807, 2.05) is 28.0 Å². The number of carbonyl (C=O) groups is 2. The van der Waals surface area contributed by atoms with Gasteiger partial charge < -0.3 is 19.5 Å². The molecule has 3 aliphatic heterocycles. The Bertz CT molecular complexity index is 1050. The second-order valence-corrected chi connectivity index (χ2v) is 9.89. The Kier molecular flexibility index (Phi) is 6.53. The number of nitrogens with zero attached hydrogens (tertiary/aromatic N) is 3. The fraction of sp³-hybridized carbons (Fsp3) is 0.640. The largest absolute Gasteiger partial charge is 0.419 e. The standard InChI is InChI=1S/C25H34N4O4/c30-23(27-11-3-4-12-27)9-5-6-20-19-14-18(15-26-20)16-28(17-19)24(31)10-13-29-21-7-1-2-8-22(21)33-25(29)32/h1-2,7-8,18-20,26H,3-6,9-17H2/t18-,19+,20+/m0/s1. The van der Waals surface area contributed by atoms with Crippen molar-refractivity contribution in [2.75, 3.05) is 32.7 Å². The lowest BCUT2D eigenvalue weighted by atomic mass is 9.79. The van der Waals surface area contributed by atoms with Gasteiger partial charge in [-0.05, 0) is 62.6 Å². The Morgan fingerprint density at radius 1 is 1.03 bits per heavy atom. The van der Waals surface area contributed by atoms with E-state index in [1.54, 1.807) is 10.6 Å². The molecular weight excluding hydrogens is 420 g/mol. The van der Waals surface area contributed by atoms with Gasteiger partial charge in [-0.15, -0.1) is 0 Å². The number of piperidine rings is 2. The number of rotatable bonds is 7. The van der Waals surface area contributed by atoms with Crippen LogP contribution < -0.4 is 11.1 Å². The number of amides is 2. The number of benzene rings is 1. The summed E-state index contributed by atoms with van der Waals surface area (Å²) in [5.74, 6) is 0.899. The predicted molar refractivity (Wildman–Crippen MR) is 125 cm³/mol. The Morgan fingerprint density at radius 3 is 2.67 bits per heavy atom. The molecule has 0 spiro atoms.